The van der Waals surface area contributed by atoms with Gasteiger partial charge < -0.3 is 14.4 Å². The van der Waals surface area contributed by atoms with Gasteiger partial charge in [-0.15, -0.1) is 0 Å². The molecule has 0 amide bonds. The highest BCUT2D eigenvalue weighted by atomic mass is 16.6. The molecule has 3 aromatic rings. The number of nitrogens with zero attached hydrogens (tertiary/aromatic N) is 4. The second kappa shape index (κ2) is 7.26. The molecule has 0 unspecified atom stereocenters. The summed E-state index contributed by atoms with van der Waals surface area (Å²) in [6, 6.07) is 12.3. The van der Waals surface area contributed by atoms with E-state index >= 15 is 0 Å². The van der Waals surface area contributed by atoms with Crippen molar-refractivity contribution in [2.24, 2.45) is 0 Å². The fourth-order valence-corrected chi connectivity index (χ4v) is 3.55. The van der Waals surface area contributed by atoms with Gasteiger partial charge in [0.2, 0.25) is 5.95 Å². The number of piperazine rings is 1. The molecule has 0 saturated carbocycles. The first-order valence-electron chi connectivity index (χ1n) is 9.62. The van der Waals surface area contributed by atoms with E-state index in [1.54, 1.807) is 0 Å². The summed E-state index contributed by atoms with van der Waals surface area (Å²) in [5.74, 6) is 2.25. The lowest BCUT2D eigenvalue weighted by Gasteiger charge is -2.32. The minimum atomic E-state index is 0.588. The van der Waals surface area contributed by atoms with Gasteiger partial charge >= 0.3 is 0 Å². The highest BCUT2D eigenvalue weighted by Crippen LogP contribution is 2.35. The number of aromatic nitrogens is 2. The monoisotopic (exact) mass is 377 g/mol. The quantitative estimate of drug-likeness (QED) is 0.753. The zero-order valence-corrected chi connectivity index (χ0v) is 15.9. The van der Waals surface area contributed by atoms with Crippen LogP contribution in [0.15, 0.2) is 42.6 Å². The Kier molecular flexibility index (Phi) is 4.46. The molecule has 5 rings (SSSR count). The highest BCUT2D eigenvalue weighted by Gasteiger charge is 2.15. The Labute approximate surface area is 163 Å². The number of benzene rings is 2. The fraction of sp³-hybridized carbons (Fsp3) is 0.333. The third-order valence-electron chi connectivity index (χ3n) is 5.22. The Balaban J connectivity index is 1.38. The zero-order chi connectivity index (χ0) is 18.9. The molecule has 2 aliphatic heterocycles. The van der Waals surface area contributed by atoms with E-state index in [-0.39, 0.29) is 0 Å². The second-order valence-electron chi connectivity index (χ2n) is 7.23. The molecular weight excluding hydrogens is 354 g/mol. The van der Waals surface area contributed by atoms with E-state index in [0.29, 0.717) is 19.2 Å². The Hall–Kier alpha value is -2.90. The molecule has 2 aliphatic rings. The van der Waals surface area contributed by atoms with Crippen molar-refractivity contribution in [3.63, 3.8) is 0 Å². The molecule has 0 atom stereocenters. The number of hydrogen-bond acceptors (Lipinski definition) is 7. The Bertz CT molecular complexity index is 1000. The molecule has 3 heterocycles. The summed E-state index contributed by atoms with van der Waals surface area (Å²) >= 11 is 0. The van der Waals surface area contributed by atoms with Crippen molar-refractivity contribution in [1.82, 2.24) is 19.9 Å². The molecule has 0 aliphatic carbocycles. The molecule has 0 bridgehead atoms. The van der Waals surface area contributed by atoms with E-state index in [1.807, 2.05) is 24.4 Å². The molecule has 144 valence electrons. The highest BCUT2D eigenvalue weighted by molar-refractivity contribution is 5.85. The van der Waals surface area contributed by atoms with Crippen molar-refractivity contribution >= 4 is 16.9 Å². The maximum Gasteiger partial charge on any atom is 0.238 e. The minimum Gasteiger partial charge on any atom is -0.486 e. The van der Waals surface area contributed by atoms with Gasteiger partial charge in [0, 0.05) is 37.8 Å². The van der Waals surface area contributed by atoms with E-state index in [1.165, 1.54) is 0 Å². The van der Waals surface area contributed by atoms with Gasteiger partial charge in [-0.3, -0.25) is 5.43 Å². The Morgan fingerprint density at radius 1 is 0.893 bits per heavy atom. The molecule has 28 heavy (non-hydrogen) atoms. The van der Waals surface area contributed by atoms with Crippen LogP contribution in [0.3, 0.4) is 0 Å². The SMILES string of the molecule is CN1CCN(Nc2ncc3cc(-c4ccc5c(c4)OCCO5)ccc3n2)CC1. The maximum absolute atomic E-state index is 5.70. The molecule has 1 N–H and O–H groups in total. The maximum atomic E-state index is 5.70. The predicted octanol–water partition coefficient (Wildman–Crippen LogP) is 2.64. The largest absolute Gasteiger partial charge is 0.486 e. The van der Waals surface area contributed by atoms with Crippen LogP contribution in [-0.2, 0) is 0 Å². The van der Waals surface area contributed by atoms with Crippen LogP contribution in [0.5, 0.6) is 11.5 Å². The summed E-state index contributed by atoms with van der Waals surface area (Å²) in [6.45, 7) is 5.19. The number of anilines is 1. The molecule has 0 radical (unpaired) electrons. The van der Waals surface area contributed by atoms with Gasteiger partial charge in [0.1, 0.15) is 13.2 Å². The number of nitrogens with one attached hydrogen (secondary N) is 1. The molecule has 2 aromatic carbocycles. The van der Waals surface area contributed by atoms with Crippen LogP contribution in [0.2, 0.25) is 0 Å². The molecule has 1 fully saturated rings. The number of hydrogen-bond donors (Lipinski definition) is 1. The Morgan fingerprint density at radius 3 is 2.50 bits per heavy atom. The zero-order valence-electron chi connectivity index (χ0n) is 15.9. The number of ether oxygens (including phenoxy) is 2. The smallest absolute Gasteiger partial charge is 0.238 e. The first-order chi connectivity index (χ1) is 13.7. The second-order valence-corrected chi connectivity index (χ2v) is 7.23. The Morgan fingerprint density at radius 2 is 1.64 bits per heavy atom. The molecule has 0 spiro atoms. The van der Waals surface area contributed by atoms with Crippen LogP contribution in [0.1, 0.15) is 0 Å². The normalized spacial score (nSPS) is 17.6. The number of rotatable bonds is 3. The van der Waals surface area contributed by atoms with Gasteiger partial charge in [0.15, 0.2) is 11.5 Å². The minimum absolute atomic E-state index is 0.588. The lowest BCUT2D eigenvalue weighted by molar-refractivity contribution is 0.171. The number of likely N-dealkylation sites (N-methyl/N-ethyl adjacent to an activating group) is 1. The van der Waals surface area contributed by atoms with Crippen LogP contribution < -0.4 is 14.9 Å². The first-order valence-corrected chi connectivity index (χ1v) is 9.62. The van der Waals surface area contributed by atoms with Gasteiger partial charge in [-0.25, -0.2) is 15.0 Å². The van der Waals surface area contributed by atoms with Crippen molar-refractivity contribution < 1.29 is 9.47 Å². The number of fused-ring (bicyclic) bond motifs is 2. The van der Waals surface area contributed by atoms with Crippen LogP contribution in [0, 0.1) is 0 Å². The summed E-state index contributed by atoms with van der Waals surface area (Å²) in [5.41, 5.74) is 6.45. The van der Waals surface area contributed by atoms with Gasteiger partial charge in [-0.1, -0.05) is 12.1 Å². The number of hydrazine groups is 1. The van der Waals surface area contributed by atoms with Gasteiger partial charge in [0.05, 0.1) is 5.52 Å². The first kappa shape index (κ1) is 17.2. The molecule has 1 saturated heterocycles. The van der Waals surface area contributed by atoms with Crippen molar-refractivity contribution in [1.29, 1.82) is 0 Å². The average Bonchev–Trinajstić information content (AvgIpc) is 2.74. The predicted molar refractivity (Wildman–Crippen MR) is 109 cm³/mol. The van der Waals surface area contributed by atoms with Crippen molar-refractivity contribution in [2.45, 2.75) is 0 Å². The summed E-state index contributed by atoms with van der Waals surface area (Å²) in [6.07, 6.45) is 1.88. The molecular formula is C21H23N5O2. The van der Waals surface area contributed by atoms with Crippen LogP contribution in [0.25, 0.3) is 22.0 Å². The third-order valence-corrected chi connectivity index (χ3v) is 5.22. The third kappa shape index (κ3) is 3.46. The lowest BCUT2D eigenvalue weighted by Crippen LogP contribution is -2.47. The van der Waals surface area contributed by atoms with E-state index in [0.717, 1.165) is 59.7 Å². The van der Waals surface area contributed by atoms with Gasteiger partial charge in [-0.2, -0.15) is 0 Å². The van der Waals surface area contributed by atoms with Crippen LogP contribution in [0.4, 0.5) is 5.95 Å². The lowest BCUT2D eigenvalue weighted by atomic mass is 10.0. The van der Waals surface area contributed by atoms with Gasteiger partial charge in [-0.05, 0) is 42.4 Å². The summed E-state index contributed by atoms with van der Waals surface area (Å²) in [5, 5.41) is 3.18. The molecule has 7 nitrogen and oxygen atoms in total. The molecule has 1 aromatic heterocycles. The van der Waals surface area contributed by atoms with Crippen molar-refractivity contribution in [3.8, 4) is 22.6 Å². The van der Waals surface area contributed by atoms with Crippen molar-refractivity contribution in [2.75, 3.05) is 51.9 Å². The average molecular weight is 377 g/mol. The van der Waals surface area contributed by atoms with E-state index in [9.17, 15) is 0 Å². The van der Waals surface area contributed by atoms with E-state index in [2.05, 4.69) is 50.5 Å². The van der Waals surface area contributed by atoms with Gasteiger partial charge in [0.25, 0.3) is 0 Å². The van der Waals surface area contributed by atoms with Crippen LogP contribution in [-0.4, -0.2) is 66.3 Å². The summed E-state index contributed by atoms with van der Waals surface area (Å²) in [7, 11) is 2.14. The molecule has 7 heteroatoms. The van der Waals surface area contributed by atoms with Crippen molar-refractivity contribution in [3.05, 3.63) is 42.6 Å². The summed E-state index contributed by atoms with van der Waals surface area (Å²) < 4.78 is 11.3. The van der Waals surface area contributed by atoms with E-state index in [4.69, 9.17) is 9.47 Å². The summed E-state index contributed by atoms with van der Waals surface area (Å²) in [4.78, 5) is 11.5. The fourth-order valence-electron chi connectivity index (χ4n) is 3.55. The topological polar surface area (TPSA) is 62.8 Å². The van der Waals surface area contributed by atoms with Crippen LogP contribution >= 0.6 is 0 Å². The standard InChI is InChI=1S/C21H23N5O2/c1-25-6-8-26(9-7-25)24-21-22-14-17-12-15(2-4-18(17)23-21)16-3-5-19-20(13-16)28-11-10-27-19/h2-5,12-14H,6-11H2,1H3,(H,22,23,24). The van der Waals surface area contributed by atoms with E-state index < -0.39 is 0 Å².